The molecule has 4 aromatic rings. The van der Waals surface area contributed by atoms with Crippen molar-refractivity contribution in [1.82, 2.24) is 9.55 Å². The Hall–Kier alpha value is -3.12. The van der Waals surface area contributed by atoms with Crippen molar-refractivity contribution in [2.45, 2.75) is 5.16 Å². The summed E-state index contributed by atoms with van der Waals surface area (Å²) < 4.78 is 15.7. The van der Waals surface area contributed by atoms with Crippen molar-refractivity contribution >= 4 is 34.4 Å². The predicted octanol–water partition coefficient (Wildman–Crippen LogP) is 4.90. The van der Waals surface area contributed by atoms with Gasteiger partial charge >= 0.3 is 0 Å². The van der Waals surface area contributed by atoms with Gasteiger partial charge in [-0.25, -0.2) is 9.37 Å². The number of rotatable bonds is 5. The van der Waals surface area contributed by atoms with Crippen LogP contribution in [0.25, 0.3) is 16.7 Å². The second-order valence-electron chi connectivity index (χ2n) is 5.87. The van der Waals surface area contributed by atoms with Crippen LogP contribution in [0.2, 0.25) is 0 Å². The predicted molar refractivity (Wildman–Crippen MR) is 107 cm³/mol. The van der Waals surface area contributed by atoms with Gasteiger partial charge in [-0.15, -0.1) is 0 Å². The number of benzene rings is 3. The number of hydrogen-bond donors (Lipinski definition) is 1. The summed E-state index contributed by atoms with van der Waals surface area (Å²) in [4.78, 5) is 16.9. The van der Waals surface area contributed by atoms with Gasteiger partial charge in [-0.05, 0) is 36.4 Å². The van der Waals surface area contributed by atoms with Crippen molar-refractivity contribution < 1.29 is 9.18 Å². The van der Waals surface area contributed by atoms with Crippen LogP contribution in [0.5, 0.6) is 0 Å². The Balaban J connectivity index is 1.59. The summed E-state index contributed by atoms with van der Waals surface area (Å²) in [5.41, 5.74) is 2.99. The summed E-state index contributed by atoms with van der Waals surface area (Å²) in [6.07, 6.45) is 0. The van der Waals surface area contributed by atoms with Crippen molar-refractivity contribution in [1.29, 1.82) is 0 Å². The van der Waals surface area contributed by atoms with Crippen LogP contribution in [0.15, 0.2) is 84.0 Å². The first-order chi connectivity index (χ1) is 13.2. The zero-order valence-electron chi connectivity index (χ0n) is 14.3. The number of amides is 1. The molecule has 1 N–H and O–H groups in total. The Kier molecular flexibility index (Phi) is 4.89. The van der Waals surface area contributed by atoms with Gasteiger partial charge in [0.2, 0.25) is 5.91 Å². The fraction of sp³-hybridized carbons (Fsp3) is 0.0476. The van der Waals surface area contributed by atoms with Crippen LogP contribution in [0.3, 0.4) is 0 Å². The van der Waals surface area contributed by atoms with Crippen LogP contribution < -0.4 is 5.32 Å². The van der Waals surface area contributed by atoms with E-state index < -0.39 is 5.82 Å². The van der Waals surface area contributed by atoms with E-state index in [1.54, 1.807) is 12.1 Å². The smallest absolute Gasteiger partial charge is 0.234 e. The maximum Gasteiger partial charge on any atom is 0.234 e. The van der Waals surface area contributed by atoms with Crippen LogP contribution >= 0.6 is 11.8 Å². The van der Waals surface area contributed by atoms with Gasteiger partial charge in [0.15, 0.2) is 5.16 Å². The quantitative estimate of drug-likeness (QED) is 0.504. The third kappa shape index (κ3) is 3.71. The minimum absolute atomic E-state index is 0.129. The SMILES string of the molecule is O=C(CSc1nc2ccccc2n1-c1ccccc1)Nc1ccccc1F. The number of nitrogens with zero attached hydrogens (tertiary/aromatic N) is 2. The molecule has 134 valence electrons. The van der Waals surface area contributed by atoms with Crippen LogP contribution in [-0.2, 0) is 4.79 Å². The monoisotopic (exact) mass is 377 g/mol. The lowest BCUT2D eigenvalue weighted by Crippen LogP contribution is -2.15. The number of carbonyl (C=O) groups excluding carboxylic acids is 1. The standard InChI is InChI=1S/C21H16FN3OS/c22-16-10-4-5-11-17(16)23-20(26)14-27-21-24-18-12-6-7-13-19(18)25(21)15-8-2-1-3-9-15/h1-13H,14H2,(H,23,26). The van der Waals surface area contributed by atoms with E-state index in [-0.39, 0.29) is 17.3 Å². The summed E-state index contributed by atoms with van der Waals surface area (Å²) in [7, 11) is 0. The molecular weight excluding hydrogens is 361 g/mol. The molecular formula is C21H16FN3OS. The third-order valence-electron chi connectivity index (χ3n) is 4.02. The molecule has 0 unspecified atom stereocenters. The highest BCUT2D eigenvalue weighted by Gasteiger charge is 2.14. The summed E-state index contributed by atoms with van der Waals surface area (Å²) in [5.74, 6) is -0.603. The van der Waals surface area contributed by atoms with Gasteiger partial charge in [-0.2, -0.15) is 0 Å². The zero-order valence-corrected chi connectivity index (χ0v) is 15.1. The van der Waals surface area contributed by atoms with E-state index in [2.05, 4.69) is 10.3 Å². The van der Waals surface area contributed by atoms with Crippen molar-refractivity contribution in [3.8, 4) is 5.69 Å². The Morgan fingerprint density at radius 1 is 0.963 bits per heavy atom. The number of aromatic nitrogens is 2. The van der Waals surface area contributed by atoms with E-state index in [1.807, 2.05) is 59.2 Å². The molecule has 0 aliphatic carbocycles. The van der Waals surface area contributed by atoms with E-state index in [1.165, 1.54) is 23.9 Å². The van der Waals surface area contributed by atoms with Gasteiger partial charge in [0.05, 0.1) is 22.5 Å². The van der Waals surface area contributed by atoms with Crippen molar-refractivity contribution in [3.05, 3.63) is 84.7 Å². The highest BCUT2D eigenvalue weighted by Crippen LogP contribution is 2.28. The van der Waals surface area contributed by atoms with Crippen LogP contribution in [0.1, 0.15) is 0 Å². The number of thioether (sulfide) groups is 1. The summed E-state index contributed by atoms with van der Waals surface area (Å²) in [6.45, 7) is 0. The fourth-order valence-electron chi connectivity index (χ4n) is 2.81. The number of anilines is 1. The number of halogens is 1. The van der Waals surface area contributed by atoms with Crippen molar-refractivity contribution in [3.63, 3.8) is 0 Å². The molecule has 4 nitrogen and oxygen atoms in total. The van der Waals surface area contributed by atoms with Gasteiger partial charge in [0.1, 0.15) is 5.82 Å². The maximum atomic E-state index is 13.7. The summed E-state index contributed by atoms with van der Waals surface area (Å²) >= 11 is 1.32. The van der Waals surface area contributed by atoms with Gasteiger partial charge in [0, 0.05) is 5.69 Å². The first-order valence-corrected chi connectivity index (χ1v) is 9.41. The van der Waals surface area contributed by atoms with E-state index in [0.717, 1.165) is 16.7 Å². The average Bonchev–Trinajstić information content (AvgIpc) is 3.07. The molecule has 0 radical (unpaired) electrons. The number of nitrogens with one attached hydrogen (secondary N) is 1. The van der Waals surface area contributed by atoms with E-state index in [0.29, 0.717) is 5.16 Å². The fourth-order valence-corrected chi connectivity index (χ4v) is 3.63. The lowest BCUT2D eigenvalue weighted by Gasteiger charge is -2.09. The molecule has 0 aliphatic rings. The largest absolute Gasteiger partial charge is 0.323 e. The number of para-hydroxylation sites is 4. The highest BCUT2D eigenvalue weighted by molar-refractivity contribution is 7.99. The summed E-state index contributed by atoms with van der Waals surface area (Å²) in [6, 6.07) is 23.8. The first-order valence-electron chi connectivity index (χ1n) is 8.42. The lowest BCUT2D eigenvalue weighted by atomic mass is 10.3. The molecule has 0 fully saturated rings. The van der Waals surface area contributed by atoms with Gasteiger partial charge in [-0.1, -0.05) is 54.2 Å². The number of carbonyl (C=O) groups is 1. The molecule has 6 heteroatoms. The first kappa shape index (κ1) is 17.3. The molecule has 1 heterocycles. The second-order valence-corrected chi connectivity index (χ2v) is 6.81. The highest BCUT2D eigenvalue weighted by atomic mass is 32.2. The van der Waals surface area contributed by atoms with Gasteiger partial charge in [0.25, 0.3) is 0 Å². The Labute approximate surface area is 160 Å². The Bertz CT molecular complexity index is 1090. The van der Waals surface area contributed by atoms with Crippen molar-refractivity contribution in [2.75, 3.05) is 11.1 Å². The number of fused-ring (bicyclic) bond motifs is 1. The molecule has 0 spiro atoms. The van der Waals surface area contributed by atoms with Crippen LogP contribution in [-0.4, -0.2) is 21.2 Å². The van der Waals surface area contributed by atoms with E-state index >= 15 is 0 Å². The minimum Gasteiger partial charge on any atom is -0.323 e. The molecule has 3 aromatic carbocycles. The molecule has 0 bridgehead atoms. The zero-order chi connectivity index (χ0) is 18.6. The van der Waals surface area contributed by atoms with Gasteiger partial charge in [-0.3, -0.25) is 9.36 Å². The average molecular weight is 377 g/mol. The van der Waals surface area contributed by atoms with Crippen molar-refractivity contribution in [2.24, 2.45) is 0 Å². The molecule has 0 aliphatic heterocycles. The topological polar surface area (TPSA) is 46.9 Å². The Morgan fingerprint density at radius 3 is 2.48 bits per heavy atom. The summed E-state index contributed by atoms with van der Waals surface area (Å²) in [5, 5.41) is 3.32. The van der Waals surface area contributed by atoms with E-state index in [9.17, 15) is 9.18 Å². The van der Waals surface area contributed by atoms with Gasteiger partial charge < -0.3 is 5.32 Å². The molecule has 1 aromatic heterocycles. The molecule has 1 amide bonds. The van der Waals surface area contributed by atoms with Crippen LogP contribution in [0.4, 0.5) is 10.1 Å². The van der Waals surface area contributed by atoms with E-state index in [4.69, 9.17) is 0 Å². The normalized spacial score (nSPS) is 10.9. The third-order valence-corrected chi connectivity index (χ3v) is 4.96. The molecule has 4 rings (SSSR count). The minimum atomic E-state index is -0.452. The number of hydrogen-bond acceptors (Lipinski definition) is 3. The Morgan fingerprint density at radius 2 is 1.67 bits per heavy atom. The number of imidazole rings is 1. The molecule has 0 saturated heterocycles. The lowest BCUT2D eigenvalue weighted by molar-refractivity contribution is -0.113. The molecule has 0 atom stereocenters. The second kappa shape index (κ2) is 7.63. The molecule has 0 saturated carbocycles. The van der Waals surface area contributed by atoms with Crippen LogP contribution in [0, 0.1) is 5.82 Å². The maximum absolute atomic E-state index is 13.7. The molecule has 27 heavy (non-hydrogen) atoms.